The van der Waals surface area contributed by atoms with Gasteiger partial charge in [0.05, 0.1) is 9.85 Å². The first-order valence-electron chi connectivity index (χ1n) is 8.35. The molecule has 0 aromatic heterocycles. The van der Waals surface area contributed by atoms with Crippen LogP contribution in [0.15, 0.2) is 72.8 Å². The van der Waals surface area contributed by atoms with Gasteiger partial charge in [0.25, 0.3) is 0 Å². The van der Waals surface area contributed by atoms with Crippen molar-refractivity contribution in [2.75, 3.05) is 0 Å². The van der Waals surface area contributed by atoms with Gasteiger partial charge in [-0.2, -0.15) is 0 Å². The van der Waals surface area contributed by atoms with Crippen LogP contribution in [-0.2, 0) is 13.2 Å². The average molecular weight is 380 g/mol. The lowest BCUT2D eigenvalue weighted by molar-refractivity contribution is -0.395. The molecule has 0 radical (unpaired) electrons. The minimum atomic E-state index is -0.714. The average Bonchev–Trinajstić information content (AvgIpc) is 2.71. The van der Waals surface area contributed by atoms with Gasteiger partial charge in [-0.3, -0.25) is 20.2 Å². The van der Waals surface area contributed by atoms with Crippen LogP contribution in [0.2, 0.25) is 0 Å². The second kappa shape index (κ2) is 8.63. The number of nitro benzene ring substituents is 2. The van der Waals surface area contributed by atoms with Crippen LogP contribution < -0.4 is 9.47 Å². The van der Waals surface area contributed by atoms with E-state index < -0.39 is 21.2 Å². The molecule has 0 saturated carbocycles. The molecule has 142 valence electrons. The van der Waals surface area contributed by atoms with Crippen LogP contribution in [0.25, 0.3) is 0 Å². The van der Waals surface area contributed by atoms with Gasteiger partial charge in [0.1, 0.15) is 19.3 Å². The molecule has 0 spiro atoms. The van der Waals surface area contributed by atoms with Crippen molar-refractivity contribution in [1.29, 1.82) is 0 Å². The van der Waals surface area contributed by atoms with Crippen LogP contribution in [0.3, 0.4) is 0 Å². The van der Waals surface area contributed by atoms with Gasteiger partial charge < -0.3 is 9.47 Å². The van der Waals surface area contributed by atoms with Crippen molar-refractivity contribution < 1.29 is 19.3 Å². The standard InChI is InChI=1S/C20H16N2O6/c23-21(24)17-11-18(22(25)26)20(28-14-16-9-5-2-6-10-16)12-19(17)27-13-15-7-3-1-4-8-15/h1-12H,13-14H2. The van der Waals surface area contributed by atoms with Crippen molar-refractivity contribution in [3.05, 3.63) is 104 Å². The summed E-state index contributed by atoms with van der Waals surface area (Å²) in [6.07, 6.45) is 0. The summed E-state index contributed by atoms with van der Waals surface area (Å²) < 4.78 is 11.1. The Bertz CT molecular complexity index is 900. The van der Waals surface area contributed by atoms with Gasteiger partial charge >= 0.3 is 11.4 Å². The van der Waals surface area contributed by atoms with Crippen LogP contribution in [0, 0.1) is 20.2 Å². The lowest BCUT2D eigenvalue weighted by atomic mass is 10.2. The summed E-state index contributed by atoms with van der Waals surface area (Å²) >= 11 is 0. The van der Waals surface area contributed by atoms with E-state index in [1.54, 1.807) is 0 Å². The molecule has 0 unspecified atom stereocenters. The summed E-state index contributed by atoms with van der Waals surface area (Å²) in [4.78, 5) is 21.3. The predicted octanol–water partition coefficient (Wildman–Crippen LogP) is 4.66. The van der Waals surface area contributed by atoms with Gasteiger partial charge in [-0.1, -0.05) is 60.7 Å². The molecule has 0 fully saturated rings. The molecule has 8 nitrogen and oxygen atoms in total. The Hall–Kier alpha value is -3.94. The summed E-state index contributed by atoms with van der Waals surface area (Å²) in [5, 5.41) is 22.7. The molecule has 0 amide bonds. The molecular weight excluding hydrogens is 364 g/mol. The van der Waals surface area contributed by atoms with Gasteiger partial charge in [0.2, 0.25) is 11.5 Å². The predicted molar refractivity (Wildman–Crippen MR) is 101 cm³/mol. The summed E-state index contributed by atoms with van der Waals surface area (Å²) in [6.45, 7) is 0.162. The first-order valence-corrected chi connectivity index (χ1v) is 8.35. The third-order valence-corrected chi connectivity index (χ3v) is 3.91. The monoisotopic (exact) mass is 380 g/mol. The normalized spacial score (nSPS) is 10.3. The van der Waals surface area contributed by atoms with Gasteiger partial charge in [-0.25, -0.2) is 0 Å². The van der Waals surface area contributed by atoms with Gasteiger partial charge in [0, 0.05) is 6.07 Å². The van der Waals surface area contributed by atoms with Crippen molar-refractivity contribution in [2.24, 2.45) is 0 Å². The van der Waals surface area contributed by atoms with Crippen LogP contribution in [0.5, 0.6) is 11.5 Å². The van der Waals surface area contributed by atoms with Crippen LogP contribution in [-0.4, -0.2) is 9.85 Å². The van der Waals surface area contributed by atoms with Crippen molar-refractivity contribution in [2.45, 2.75) is 13.2 Å². The molecule has 0 bridgehead atoms. The third-order valence-electron chi connectivity index (χ3n) is 3.91. The van der Waals surface area contributed by atoms with Gasteiger partial charge in [0.15, 0.2) is 0 Å². The molecule has 3 aromatic carbocycles. The third kappa shape index (κ3) is 4.61. The van der Waals surface area contributed by atoms with E-state index in [1.165, 1.54) is 6.07 Å². The lowest BCUT2D eigenvalue weighted by Crippen LogP contribution is -2.03. The smallest absolute Gasteiger partial charge is 0.318 e. The molecule has 28 heavy (non-hydrogen) atoms. The minimum absolute atomic E-state index is 0.0810. The summed E-state index contributed by atoms with van der Waals surface area (Å²) in [7, 11) is 0. The quantitative estimate of drug-likeness (QED) is 0.416. The zero-order chi connectivity index (χ0) is 19.9. The van der Waals surface area contributed by atoms with Crippen LogP contribution in [0.1, 0.15) is 11.1 Å². The fourth-order valence-corrected chi connectivity index (χ4v) is 2.53. The highest BCUT2D eigenvalue weighted by Gasteiger charge is 2.27. The van der Waals surface area contributed by atoms with Gasteiger partial charge in [-0.05, 0) is 11.1 Å². The number of rotatable bonds is 8. The zero-order valence-electron chi connectivity index (χ0n) is 14.7. The summed E-state index contributed by atoms with van der Waals surface area (Å²) in [6, 6.07) is 20.2. The fourth-order valence-electron chi connectivity index (χ4n) is 2.53. The van der Waals surface area contributed by atoms with Crippen molar-refractivity contribution in [1.82, 2.24) is 0 Å². The Labute approximate surface area is 160 Å². The lowest BCUT2D eigenvalue weighted by Gasteiger charge is -2.11. The molecular formula is C20H16N2O6. The minimum Gasteiger partial charge on any atom is -0.482 e. The maximum absolute atomic E-state index is 11.4. The molecule has 3 aromatic rings. The number of ether oxygens (including phenoxy) is 2. The van der Waals surface area contributed by atoms with Crippen LogP contribution in [0.4, 0.5) is 11.4 Å². The molecule has 0 N–H and O–H groups in total. The summed E-state index contributed by atoms with van der Waals surface area (Å²) in [5.74, 6) is -0.190. The number of benzene rings is 3. The molecule has 0 aliphatic carbocycles. The van der Waals surface area contributed by atoms with E-state index in [0.29, 0.717) is 0 Å². The molecule has 0 heterocycles. The molecule has 0 atom stereocenters. The van der Waals surface area contributed by atoms with E-state index in [9.17, 15) is 20.2 Å². The first kappa shape index (κ1) is 18.8. The largest absolute Gasteiger partial charge is 0.482 e. The molecule has 0 aliphatic heterocycles. The van der Waals surface area contributed by atoms with E-state index in [2.05, 4.69) is 0 Å². The maximum atomic E-state index is 11.4. The van der Waals surface area contributed by atoms with E-state index >= 15 is 0 Å². The maximum Gasteiger partial charge on any atom is 0.318 e. The Morgan fingerprint density at radius 1 is 0.643 bits per heavy atom. The second-order valence-corrected chi connectivity index (χ2v) is 5.85. The number of nitrogens with zero attached hydrogens (tertiary/aromatic N) is 2. The number of nitro groups is 2. The zero-order valence-corrected chi connectivity index (χ0v) is 14.7. The first-order chi connectivity index (χ1) is 13.5. The summed E-state index contributed by atoms with van der Waals surface area (Å²) in [5.41, 5.74) is 0.633. The molecule has 8 heteroatoms. The Kier molecular flexibility index (Phi) is 5.81. The highest BCUT2D eigenvalue weighted by atomic mass is 16.6. The second-order valence-electron chi connectivity index (χ2n) is 5.85. The van der Waals surface area contributed by atoms with Crippen molar-refractivity contribution in [3.63, 3.8) is 0 Å². The Balaban J connectivity index is 1.90. The molecule has 0 aliphatic rings. The molecule has 3 rings (SSSR count). The van der Waals surface area contributed by atoms with E-state index in [-0.39, 0.29) is 24.7 Å². The topological polar surface area (TPSA) is 105 Å². The van der Waals surface area contributed by atoms with Gasteiger partial charge in [-0.15, -0.1) is 0 Å². The van der Waals surface area contributed by atoms with Crippen molar-refractivity contribution in [3.8, 4) is 11.5 Å². The van der Waals surface area contributed by atoms with E-state index in [1.807, 2.05) is 60.7 Å². The number of hydrogen-bond acceptors (Lipinski definition) is 6. The van der Waals surface area contributed by atoms with E-state index in [0.717, 1.165) is 17.2 Å². The fraction of sp³-hybridized carbons (Fsp3) is 0.100. The van der Waals surface area contributed by atoms with Crippen molar-refractivity contribution >= 4 is 11.4 Å². The highest BCUT2D eigenvalue weighted by molar-refractivity contribution is 5.61. The Morgan fingerprint density at radius 3 is 1.39 bits per heavy atom. The molecule has 0 saturated heterocycles. The number of hydrogen-bond donors (Lipinski definition) is 0. The highest BCUT2D eigenvalue weighted by Crippen LogP contribution is 2.39. The van der Waals surface area contributed by atoms with Crippen LogP contribution >= 0.6 is 0 Å². The SMILES string of the molecule is O=[N+]([O-])c1cc([N+](=O)[O-])c(OCc2ccccc2)cc1OCc1ccccc1. The van der Waals surface area contributed by atoms with E-state index in [4.69, 9.17) is 9.47 Å². The Morgan fingerprint density at radius 2 is 1.04 bits per heavy atom.